The molecule has 2 fully saturated rings. The molecule has 0 bridgehead atoms. The van der Waals surface area contributed by atoms with Crippen LogP contribution in [0.5, 0.6) is 0 Å². The highest BCUT2D eigenvalue weighted by Crippen LogP contribution is 2.27. The number of hydrogen-bond donors (Lipinski definition) is 2. The minimum Gasteiger partial charge on any atom is -0.444 e. The fourth-order valence-corrected chi connectivity index (χ4v) is 2.00. The van der Waals surface area contributed by atoms with Crippen molar-refractivity contribution in [3.63, 3.8) is 0 Å². The third-order valence-corrected chi connectivity index (χ3v) is 3.35. The standard InChI is InChI=1S/C14H26N4O2.HI/c1-14(2,3)20-13(19)18-8-11(9-18)17-12(15-4)16-7-10-5-6-10;/h10-11H,5-9H2,1-4H3,(H2,15,16,17);1H. The van der Waals surface area contributed by atoms with E-state index < -0.39 is 5.60 Å². The van der Waals surface area contributed by atoms with E-state index in [1.807, 2.05) is 20.8 Å². The topological polar surface area (TPSA) is 66.0 Å². The van der Waals surface area contributed by atoms with Crippen LogP contribution >= 0.6 is 24.0 Å². The number of rotatable bonds is 3. The number of carbonyl (C=O) groups excluding carboxylic acids is 1. The molecular formula is C14H27IN4O2. The van der Waals surface area contributed by atoms with Crippen molar-refractivity contribution in [3.8, 4) is 0 Å². The highest BCUT2D eigenvalue weighted by Gasteiger charge is 2.34. The molecule has 1 aliphatic carbocycles. The Morgan fingerprint density at radius 2 is 1.95 bits per heavy atom. The fourth-order valence-electron chi connectivity index (χ4n) is 2.00. The molecule has 0 atom stereocenters. The van der Waals surface area contributed by atoms with Gasteiger partial charge in [-0.3, -0.25) is 4.99 Å². The SMILES string of the molecule is CN=C(NCC1CC1)NC1CN(C(=O)OC(C)(C)C)C1.I. The lowest BCUT2D eigenvalue weighted by Crippen LogP contribution is -2.63. The Morgan fingerprint density at radius 1 is 1.33 bits per heavy atom. The van der Waals surface area contributed by atoms with Crippen LogP contribution < -0.4 is 10.6 Å². The molecule has 122 valence electrons. The van der Waals surface area contributed by atoms with Gasteiger partial charge in [-0.1, -0.05) is 0 Å². The molecule has 0 radical (unpaired) electrons. The van der Waals surface area contributed by atoms with Crippen molar-refractivity contribution in [1.29, 1.82) is 0 Å². The number of guanidine groups is 1. The van der Waals surface area contributed by atoms with Gasteiger partial charge in [-0.05, 0) is 39.5 Å². The van der Waals surface area contributed by atoms with E-state index in [1.165, 1.54) is 12.8 Å². The number of aliphatic imine (C=N–C) groups is 1. The molecule has 2 rings (SSSR count). The van der Waals surface area contributed by atoms with Crippen LogP contribution in [0.3, 0.4) is 0 Å². The number of nitrogens with zero attached hydrogens (tertiary/aromatic N) is 2. The molecule has 1 aliphatic heterocycles. The minimum absolute atomic E-state index is 0. The molecule has 2 aliphatic rings. The van der Waals surface area contributed by atoms with Gasteiger partial charge in [0, 0.05) is 26.7 Å². The zero-order valence-corrected chi connectivity index (χ0v) is 15.6. The van der Waals surface area contributed by atoms with Gasteiger partial charge in [0.1, 0.15) is 5.60 Å². The molecule has 0 aromatic rings. The molecule has 1 amide bonds. The van der Waals surface area contributed by atoms with E-state index in [0.29, 0.717) is 13.1 Å². The number of nitrogens with one attached hydrogen (secondary N) is 2. The number of likely N-dealkylation sites (tertiary alicyclic amines) is 1. The first-order chi connectivity index (χ1) is 9.37. The molecule has 21 heavy (non-hydrogen) atoms. The van der Waals surface area contributed by atoms with Crippen LogP contribution in [0, 0.1) is 5.92 Å². The number of carbonyl (C=O) groups is 1. The van der Waals surface area contributed by atoms with E-state index >= 15 is 0 Å². The minimum atomic E-state index is -0.433. The molecule has 0 unspecified atom stereocenters. The van der Waals surface area contributed by atoms with Gasteiger partial charge >= 0.3 is 6.09 Å². The first kappa shape index (κ1) is 18.3. The van der Waals surface area contributed by atoms with Crippen LogP contribution in [-0.2, 0) is 4.74 Å². The van der Waals surface area contributed by atoms with Crippen LogP contribution in [0.4, 0.5) is 4.79 Å². The molecule has 1 heterocycles. The zero-order chi connectivity index (χ0) is 14.8. The second-order valence-electron chi connectivity index (χ2n) is 6.62. The summed E-state index contributed by atoms with van der Waals surface area (Å²) in [6, 6.07) is 0.257. The molecule has 0 spiro atoms. The summed E-state index contributed by atoms with van der Waals surface area (Å²) in [5, 5.41) is 6.64. The van der Waals surface area contributed by atoms with Gasteiger partial charge in [-0.2, -0.15) is 0 Å². The van der Waals surface area contributed by atoms with Crippen molar-refractivity contribution in [2.75, 3.05) is 26.7 Å². The third-order valence-electron chi connectivity index (χ3n) is 3.35. The van der Waals surface area contributed by atoms with Gasteiger partial charge in [0.05, 0.1) is 6.04 Å². The predicted molar refractivity (Wildman–Crippen MR) is 94.2 cm³/mol. The van der Waals surface area contributed by atoms with Crippen molar-refractivity contribution in [2.45, 2.75) is 45.3 Å². The molecule has 7 heteroatoms. The third kappa shape index (κ3) is 6.27. The van der Waals surface area contributed by atoms with Crippen LogP contribution in [0.25, 0.3) is 0 Å². The second kappa shape index (κ2) is 7.51. The van der Waals surface area contributed by atoms with Crippen molar-refractivity contribution in [3.05, 3.63) is 0 Å². The van der Waals surface area contributed by atoms with Crippen LogP contribution in [0.1, 0.15) is 33.6 Å². The first-order valence-corrected chi connectivity index (χ1v) is 7.32. The summed E-state index contributed by atoms with van der Waals surface area (Å²) in [6.07, 6.45) is 2.40. The van der Waals surface area contributed by atoms with Gasteiger partial charge in [-0.25, -0.2) is 4.79 Å². The number of hydrogen-bond acceptors (Lipinski definition) is 3. The number of halogens is 1. The summed E-state index contributed by atoms with van der Waals surface area (Å²) >= 11 is 0. The van der Waals surface area contributed by atoms with Gasteiger partial charge in [0.15, 0.2) is 5.96 Å². The van der Waals surface area contributed by atoms with Gasteiger partial charge in [-0.15, -0.1) is 24.0 Å². The summed E-state index contributed by atoms with van der Waals surface area (Å²) in [4.78, 5) is 17.7. The van der Waals surface area contributed by atoms with Crippen LogP contribution in [0.15, 0.2) is 4.99 Å². The normalized spacial score (nSPS) is 19.4. The quantitative estimate of drug-likeness (QED) is 0.423. The smallest absolute Gasteiger partial charge is 0.410 e. The van der Waals surface area contributed by atoms with E-state index in [1.54, 1.807) is 11.9 Å². The van der Waals surface area contributed by atoms with E-state index in [-0.39, 0.29) is 36.1 Å². The molecule has 2 N–H and O–H groups in total. The van der Waals surface area contributed by atoms with Crippen molar-refractivity contribution in [1.82, 2.24) is 15.5 Å². The van der Waals surface area contributed by atoms with Crippen LogP contribution in [0.2, 0.25) is 0 Å². The lowest BCUT2D eigenvalue weighted by atomic mass is 10.1. The number of ether oxygens (including phenoxy) is 1. The maximum Gasteiger partial charge on any atom is 0.410 e. The molecular weight excluding hydrogens is 383 g/mol. The summed E-state index contributed by atoms with van der Waals surface area (Å²) in [6.45, 7) is 7.96. The lowest BCUT2D eigenvalue weighted by molar-refractivity contribution is 0.00701. The molecule has 0 aromatic heterocycles. The molecule has 0 aromatic carbocycles. The maximum atomic E-state index is 11.8. The summed E-state index contributed by atoms with van der Waals surface area (Å²) in [5.74, 6) is 1.64. The lowest BCUT2D eigenvalue weighted by Gasteiger charge is -2.40. The average molecular weight is 410 g/mol. The largest absolute Gasteiger partial charge is 0.444 e. The van der Waals surface area contributed by atoms with Crippen molar-refractivity contribution in [2.24, 2.45) is 10.9 Å². The highest BCUT2D eigenvalue weighted by molar-refractivity contribution is 14.0. The van der Waals surface area contributed by atoms with Crippen molar-refractivity contribution < 1.29 is 9.53 Å². The van der Waals surface area contributed by atoms with E-state index in [9.17, 15) is 4.79 Å². The van der Waals surface area contributed by atoms with Gasteiger partial charge in [0.2, 0.25) is 0 Å². The Kier molecular flexibility index (Phi) is 6.55. The average Bonchev–Trinajstić information content (AvgIpc) is 3.07. The Hall–Kier alpha value is -0.730. The fraction of sp³-hybridized carbons (Fsp3) is 0.857. The van der Waals surface area contributed by atoms with Crippen LogP contribution in [-0.4, -0.2) is 55.3 Å². The zero-order valence-electron chi connectivity index (χ0n) is 13.3. The highest BCUT2D eigenvalue weighted by atomic mass is 127. The van der Waals surface area contributed by atoms with E-state index in [0.717, 1.165) is 18.4 Å². The molecule has 6 nitrogen and oxygen atoms in total. The maximum absolute atomic E-state index is 11.8. The van der Waals surface area contributed by atoms with E-state index in [4.69, 9.17) is 4.74 Å². The van der Waals surface area contributed by atoms with Gasteiger partial charge in [0.25, 0.3) is 0 Å². The monoisotopic (exact) mass is 410 g/mol. The summed E-state index contributed by atoms with van der Waals surface area (Å²) < 4.78 is 5.32. The summed E-state index contributed by atoms with van der Waals surface area (Å²) in [5.41, 5.74) is -0.433. The second-order valence-corrected chi connectivity index (χ2v) is 6.62. The Bertz CT molecular complexity index is 385. The predicted octanol–water partition coefficient (Wildman–Crippen LogP) is 1.80. The van der Waals surface area contributed by atoms with Gasteiger partial charge < -0.3 is 20.3 Å². The Morgan fingerprint density at radius 3 is 2.43 bits per heavy atom. The first-order valence-electron chi connectivity index (χ1n) is 7.32. The Balaban J connectivity index is 0.00000220. The summed E-state index contributed by atoms with van der Waals surface area (Å²) in [7, 11) is 1.77. The van der Waals surface area contributed by atoms with Crippen molar-refractivity contribution >= 4 is 36.0 Å². The number of amides is 1. The van der Waals surface area contributed by atoms with E-state index in [2.05, 4.69) is 15.6 Å². The molecule has 1 saturated carbocycles. The Labute approximate surface area is 144 Å². The molecule has 1 saturated heterocycles.